The molecule has 0 bridgehead atoms. The molecule has 150 valence electrons. The van der Waals surface area contributed by atoms with Crippen molar-refractivity contribution in [3.8, 4) is 0 Å². The van der Waals surface area contributed by atoms with Crippen LogP contribution in [0.2, 0.25) is 0 Å². The van der Waals surface area contributed by atoms with Crippen LogP contribution in [0.25, 0.3) is 0 Å². The van der Waals surface area contributed by atoms with Crippen molar-refractivity contribution in [2.24, 2.45) is 0 Å². The number of hydrogen-bond donors (Lipinski definition) is 2. The van der Waals surface area contributed by atoms with Gasteiger partial charge in [-0.3, -0.25) is 9.69 Å². The predicted octanol–water partition coefficient (Wildman–Crippen LogP) is 2.08. The molecule has 0 spiro atoms. The number of aromatic nitrogens is 3. The Morgan fingerprint density at radius 3 is 2.64 bits per heavy atom. The van der Waals surface area contributed by atoms with Gasteiger partial charge in [-0.25, -0.2) is 4.68 Å². The van der Waals surface area contributed by atoms with Crippen molar-refractivity contribution in [3.05, 3.63) is 47.3 Å². The smallest absolute Gasteiger partial charge is 0.273 e. The number of rotatable bonds is 6. The minimum Gasteiger partial charge on any atom is -0.349 e. The first-order valence-corrected chi connectivity index (χ1v) is 10.4. The molecule has 2 aliphatic heterocycles. The first kappa shape index (κ1) is 19.1. The third-order valence-electron chi connectivity index (χ3n) is 6.02. The van der Waals surface area contributed by atoms with Crippen molar-refractivity contribution >= 4 is 5.91 Å². The van der Waals surface area contributed by atoms with E-state index < -0.39 is 0 Å². The Bertz CT molecular complexity index is 777. The van der Waals surface area contributed by atoms with Crippen LogP contribution in [0.15, 0.2) is 30.3 Å². The molecular weight excluding hydrogens is 352 g/mol. The lowest BCUT2D eigenvalue weighted by molar-refractivity contribution is 0.0932. The van der Waals surface area contributed by atoms with Crippen LogP contribution in [0.4, 0.5) is 0 Å². The van der Waals surface area contributed by atoms with Crippen molar-refractivity contribution in [2.45, 2.75) is 44.7 Å². The largest absolute Gasteiger partial charge is 0.349 e. The average molecular weight is 383 g/mol. The fourth-order valence-electron chi connectivity index (χ4n) is 4.41. The van der Waals surface area contributed by atoms with Gasteiger partial charge in [0.15, 0.2) is 5.69 Å². The summed E-state index contributed by atoms with van der Waals surface area (Å²) < 4.78 is 1.94. The SMILES string of the molecule is Cc1c(C(=O)NCC(c2ccccc2)N2CCCC2)nnn1C1CCNCC1. The first-order chi connectivity index (χ1) is 13.7. The maximum Gasteiger partial charge on any atom is 0.273 e. The molecule has 1 unspecified atom stereocenters. The zero-order chi connectivity index (χ0) is 19.3. The van der Waals surface area contributed by atoms with E-state index in [1.807, 2.05) is 17.7 Å². The zero-order valence-corrected chi connectivity index (χ0v) is 16.6. The molecule has 0 radical (unpaired) electrons. The van der Waals surface area contributed by atoms with Crippen molar-refractivity contribution in [1.82, 2.24) is 30.5 Å². The van der Waals surface area contributed by atoms with E-state index in [4.69, 9.17) is 0 Å². The zero-order valence-electron chi connectivity index (χ0n) is 16.6. The maximum atomic E-state index is 12.9. The summed E-state index contributed by atoms with van der Waals surface area (Å²) in [6.07, 6.45) is 4.49. The molecule has 7 heteroatoms. The number of nitrogens with zero attached hydrogens (tertiary/aromatic N) is 4. The van der Waals surface area contributed by atoms with Crippen LogP contribution in [-0.2, 0) is 0 Å². The van der Waals surface area contributed by atoms with Crippen molar-refractivity contribution in [2.75, 3.05) is 32.7 Å². The highest BCUT2D eigenvalue weighted by molar-refractivity contribution is 5.93. The first-order valence-electron chi connectivity index (χ1n) is 10.4. The summed E-state index contributed by atoms with van der Waals surface area (Å²) in [5.41, 5.74) is 2.56. The van der Waals surface area contributed by atoms with Crippen LogP contribution in [0.1, 0.15) is 59.5 Å². The Hall–Kier alpha value is -2.25. The normalized spacial score (nSPS) is 19.6. The number of likely N-dealkylation sites (tertiary alicyclic amines) is 1. The van der Waals surface area contributed by atoms with Crippen LogP contribution in [-0.4, -0.2) is 58.5 Å². The van der Waals surface area contributed by atoms with Gasteiger partial charge in [-0.1, -0.05) is 35.5 Å². The van der Waals surface area contributed by atoms with Gasteiger partial charge in [-0.05, 0) is 64.3 Å². The molecule has 3 heterocycles. The highest BCUT2D eigenvalue weighted by atomic mass is 16.2. The van der Waals surface area contributed by atoms with E-state index in [0.29, 0.717) is 18.3 Å². The van der Waals surface area contributed by atoms with E-state index in [0.717, 1.165) is 44.7 Å². The second-order valence-electron chi connectivity index (χ2n) is 7.83. The minimum absolute atomic E-state index is 0.127. The summed E-state index contributed by atoms with van der Waals surface area (Å²) in [5, 5.41) is 15.0. The van der Waals surface area contributed by atoms with Crippen LogP contribution in [0.5, 0.6) is 0 Å². The lowest BCUT2D eigenvalue weighted by atomic mass is 10.1. The lowest BCUT2D eigenvalue weighted by Gasteiger charge is -2.28. The van der Waals surface area contributed by atoms with Gasteiger partial charge in [-0.2, -0.15) is 0 Å². The number of amides is 1. The molecule has 0 saturated carbocycles. The number of hydrogen-bond acceptors (Lipinski definition) is 5. The van der Waals surface area contributed by atoms with Crippen molar-refractivity contribution < 1.29 is 4.79 Å². The van der Waals surface area contributed by atoms with Crippen molar-refractivity contribution in [3.63, 3.8) is 0 Å². The average Bonchev–Trinajstić information content (AvgIpc) is 3.40. The molecule has 1 aromatic heterocycles. The quantitative estimate of drug-likeness (QED) is 0.800. The lowest BCUT2D eigenvalue weighted by Crippen LogP contribution is -2.37. The molecule has 2 aliphatic rings. The van der Waals surface area contributed by atoms with Gasteiger partial charge >= 0.3 is 0 Å². The summed E-state index contributed by atoms with van der Waals surface area (Å²) in [6.45, 7) is 6.68. The van der Waals surface area contributed by atoms with Crippen LogP contribution in [0, 0.1) is 6.92 Å². The Labute approximate surface area is 166 Å². The summed E-state index contributed by atoms with van der Waals surface area (Å²) in [6, 6.07) is 11.0. The molecule has 28 heavy (non-hydrogen) atoms. The highest BCUT2D eigenvalue weighted by Gasteiger charge is 2.26. The molecule has 4 rings (SSSR count). The maximum absolute atomic E-state index is 12.9. The van der Waals surface area contributed by atoms with Crippen LogP contribution >= 0.6 is 0 Å². The standard InChI is InChI=1S/C21H30N6O/c1-16-20(24-25-27(16)18-9-11-22-12-10-18)21(28)23-15-19(26-13-5-6-14-26)17-7-3-2-4-8-17/h2-4,7-8,18-19,22H,5-6,9-15H2,1H3,(H,23,28). The monoisotopic (exact) mass is 382 g/mol. The molecule has 2 aromatic rings. The molecule has 2 fully saturated rings. The van der Waals surface area contributed by atoms with Gasteiger partial charge in [0.05, 0.1) is 17.8 Å². The topological polar surface area (TPSA) is 75.1 Å². The van der Waals surface area contributed by atoms with Gasteiger partial charge in [0, 0.05) is 6.54 Å². The van der Waals surface area contributed by atoms with Gasteiger partial charge in [0.1, 0.15) is 0 Å². The van der Waals surface area contributed by atoms with E-state index in [1.54, 1.807) is 0 Å². The van der Waals surface area contributed by atoms with E-state index in [1.165, 1.54) is 18.4 Å². The van der Waals surface area contributed by atoms with E-state index >= 15 is 0 Å². The molecular formula is C21H30N6O. The minimum atomic E-state index is -0.127. The molecule has 1 atom stereocenters. The van der Waals surface area contributed by atoms with Gasteiger partial charge in [0.25, 0.3) is 5.91 Å². The predicted molar refractivity (Wildman–Crippen MR) is 108 cm³/mol. The summed E-state index contributed by atoms with van der Waals surface area (Å²) in [5.74, 6) is -0.127. The molecule has 2 saturated heterocycles. The molecule has 1 aromatic carbocycles. The third kappa shape index (κ3) is 4.10. The van der Waals surface area contributed by atoms with Crippen LogP contribution < -0.4 is 10.6 Å². The fourth-order valence-corrected chi connectivity index (χ4v) is 4.41. The highest BCUT2D eigenvalue weighted by Crippen LogP contribution is 2.25. The summed E-state index contributed by atoms with van der Waals surface area (Å²) in [7, 11) is 0. The Morgan fingerprint density at radius 1 is 1.21 bits per heavy atom. The number of piperidine rings is 1. The number of carbonyl (C=O) groups excluding carboxylic acids is 1. The van der Waals surface area contributed by atoms with E-state index in [2.05, 4.69) is 50.1 Å². The fraction of sp³-hybridized carbons (Fsp3) is 0.571. The van der Waals surface area contributed by atoms with Crippen molar-refractivity contribution in [1.29, 1.82) is 0 Å². The second-order valence-corrected chi connectivity index (χ2v) is 7.83. The Morgan fingerprint density at radius 2 is 1.93 bits per heavy atom. The molecule has 7 nitrogen and oxygen atoms in total. The van der Waals surface area contributed by atoms with E-state index in [9.17, 15) is 4.79 Å². The van der Waals surface area contributed by atoms with Gasteiger partial charge in [0.2, 0.25) is 0 Å². The second kappa shape index (κ2) is 8.84. The number of carbonyl (C=O) groups is 1. The summed E-state index contributed by atoms with van der Waals surface area (Å²) in [4.78, 5) is 15.3. The van der Waals surface area contributed by atoms with Gasteiger partial charge in [-0.15, -0.1) is 5.10 Å². The van der Waals surface area contributed by atoms with Crippen LogP contribution in [0.3, 0.4) is 0 Å². The number of benzene rings is 1. The Balaban J connectivity index is 1.44. The van der Waals surface area contributed by atoms with E-state index in [-0.39, 0.29) is 11.9 Å². The molecule has 0 aliphatic carbocycles. The molecule has 2 N–H and O–H groups in total. The third-order valence-corrected chi connectivity index (χ3v) is 6.02. The molecule has 1 amide bonds. The van der Waals surface area contributed by atoms with Gasteiger partial charge < -0.3 is 10.6 Å². The Kier molecular flexibility index (Phi) is 6.02. The summed E-state index contributed by atoms with van der Waals surface area (Å²) >= 11 is 0. The number of nitrogens with one attached hydrogen (secondary N) is 2.